The molecule has 0 unspecified atom stereocenters. The fraction of sp³-hybridized carbons (Fsp3) is 0.312. The minimum absolute atomic E-state index is 0.103. The Labute approximate surface area is 143 Å². The van der Waals surface area contributed by atoms with Crippen molar-refractivity contribution in [1.29, 1.82) is 0 Å². The van der Waals surface area contributed by atoms with Crippen LogP contribution in [0.3, 0.4) is 0 Å². The molecule has 1 aromatic carbocycles. The van der Waals surface area contributed by atoms with Crippen LogP contribution in [0.15, 0.2) is 29.2 Å². The van der Waals surface area contributed by atoms with Gasteiger partial charge in [-0.2, -0.15) is 5.10 Å². The maximum atomic E-state index is 12.8. The molecule has 0 bridgehead atoms. The van der Waals surface area contributed by atoms with Crippen LogP contribution in [-0.2, 0) is 5.54 Å². The van der Waals surface area contributed by atoms with Gasteiger partial charge in [0.15, 0.2) is 5.75 Å². The summed E-state index contributed by atoms with van der Waals surface area (Å²) in [6, 6.07) is 4.47. The highest BCUT2D eigenvalue weighted by Crippen LogP contribution is 2.25. The van der Waals surface area contributed by atoms with Gasteiger partial charge in [-0.1, -0.05) is 23.2 Å². The molecule has 0 aliphatic heterocycles. The van der Waals surface area contributed by atoms with E-state index in [4.69, 9.17) is 27.9 Å². The lowest BCUT2D eigenvalue weighted by Gasteiger charge is -2.21. The van der Waals surface area contributed by atoms with Crippen molar-refractivity contribution in [2.45, 2.75) is 26.3 Å². The number of nitrogens with zero attached hydrogens (tertiary/aromatic N) is 2. The summed E-state index contributed by atoms with van der Waals surface area (Å²) in [5.41, 5.74) is -1.05. The summed E-state index contributed by atoms with van der Waals surface area (Å²) in [5.74, 6) is -0.430. The summed E-state index contributed by atoms with van der Waals surface area (Å²) in [4.78, 5) is 25.5. The number of benzene rings is 1. The van der Waals surface area contributed by atoms with E-state index in [2.05, 4.69) is 5.10 Å². The number of hydrogen-bond donors (Lipinski definition) is 0. The van der Waals surface area contributed by atoms with Gasteiger partial charge in [0.1, 0.15) is 5.56 Å². The molecule has 122 valence electrons. The fourth-order valence-corrected chi connectivity index (χ4v) is 2.58. The first-order chi connectivity index (χ1) is 10.7. The maximum Gasteiger partial charge on any atom is 0.282 e. The molecule has 2 aromatic rings. The Balaban J connectivity index is 2.70. The fourth-order valence-electron chi connectivity index (χ4n) is 2.09. The molecule has 1 heterocycles. The van der Waals surface area contributed by atoms with Crippen molar-refractivity contribution in [1.82, 2.24) is 9.78 Å². The number of hydrogen-bond acceptors (Lipinski definition) is 4. The van der Waals surface area contributed by atoms with E-state index in [1.54, 1.807) is 0 Å². The van der Waals surface area contributed by atoms with Gasteiger partial charge in [0, 0.05) is 10.6 Å². The number of rotatable bonds is 3. The van der Waals surface area contributed by atoms with Gasteiger partial charge in [0.05, 0.1) is 23.9 Å². The number of ether oxygens (including phenoxy) is 1. The van der Waals surface area contributed by atoms with Crippen molar-refractivity contribution < 1.29 is 9.53 Å². The number of halogens is 2. The van der Waals surface area contributed by atoms with Crippen LogP contribution in [0.25, 0.3) is 0 Å². The Hall–Kier alpha value is -1.85. The normalized spacial score (nSPS) is 11.4. The number of carbonyl (C=O) groups excluding carboxylic acids is 1. The molecule has 0 aliphatic rings. The van der Waals surface area contributed by atoms with Gasteiger partial charge in [-0.05, 0) is 39.0 Å². The molecule has 0 radical (unpaired) electrons. The number of aromatic nitrogens is 2. The van der Waals surface area contributed by atoms with Crippen LogP contribution in [0.1, 0.15) is 36.7 Å². The standard InChI is InChI=1S/C16H16Cl2N2O3/c1-16(2,3)20-15(22)13(12(23-4)8-19-20)14(21)10-6-5-9(17)7-11(10)18/h5-8H,1-4H3. The van der Waals surface area contributed by atoms with Crippen LogP contribution in [0, 0.1) is 0 Å². The van der Waals surface area contributed by atoms with Crippen molar-refractivity contribution >= 4 is 29.0 Å². The zero-order chi connectivity index (χ0) is 17.4. The summed E-state index contributed by atoms with van der Waals surface area (Å²) >= 11 is 11.9. The topological polar surface area (TPSA) is 61.2 Å². The third-order valence-corrected chi connectivity index (χ3v) is 3.75. The van der Waals surface area contributed by atoms with Crippen molar-refractivity contribution in [2.75, 3.05) is 7.11 Å². The first-order valence-electron chi connectivity index (χ1n) is 6.83. The van der Waals surface area contributed by atoms with E-state index in [0.717, 1.165) is 0 Å². The van der Waals surface area contributed by atoms with E-state index in [1.165, 1.54) is 36.2 Å². The van der Waals surface area contributed by atoms with Crippen molar-refractivity contribution in [2.24, 2.45) is 0 Å². The Morgan fingerprint density at radius 1 is 1.26 bits per heavy atom. The second-order valence-corrected chi connectivity index (χ2v) is 6.77. The molecule has 7 heteroatoms. The predicted molar refractivity (Wildman–Crippen MR) is 89.9 cm³/mol. The van der Waals surface area contributed by atoms with E-state index >= 15 is 0 Å². The highest BCUT2D eigenvalue weighted by Gasteiger charge is 2.26. The summed E-state index contributed by atoms with van der Waals surface area (Å²) < 4.78 is 6.38. The van der Waals surface area contributed by atoms with Crippen LogP contribution in [0.2, 0.25) is 10.0 Å². The van der Waals surface area contributed by atoms with Crippen LogP contribution in [-0.4, -0.2) is 22.7 Å². The summed E-state index contributed by atoms with van der Waals surface area (Å²) in [6.45, 7) is 5.45. The zero-order valence-electron chi connectivity index (χ0n) is 13.2. The Kier molecular flexibility index (Phi) is 4.82. The summed E-state index contributed by atoms with van der Waals surface area (Å²) in [5, 5.41) is 4.64. The van der Waals surface area contributed by atoms with E-state index < -0.39 is 16.9 Å². The molecule has 2 rings (SSSR count). The molecule has 0 N–H and O–H groups in total. The quantitative estimate of drug-likeness (QED) is 0.790. The number of carbonyl (C=O) groups is 1. The van der Waals surface area contributed by atoms with E-state index in [1.807, 2.05) is 20.8 Å². The SMILES string of the molecule is COc1cnn(C(C)(C)C)c(=O)c1C(=O)c1ccc(Cl)cc1Cl. The van der Waals surface area contributed by atoms with Gasteiger partial charge in [-0.15, -0.1) is 0 Å². The lowest BCUT2D eigenvalue weighted by atomic mass is 10.0. The molecular weight excluding hydrogens is 339 g/mol. The average molecular weight is 355 g/mol. The molecule has 0 fully saturated rings. The van der Waals surface area contributed by atoms with Crippen molar-refractivity contribution in [3.05, 3.63) is 55.9 Å². The van der Waals surface area contributed by atoms with Gasteiger partial charge in [-0.25, -0.2) is 4.68 Å². The van der Waals surface area contributed by atoms with E-state index in [0.29, 0.717) is 5.02 Å². The monoisotopic (exact) mass is 354 g/mol. The van der Waals surface area contributed by atoms with E-state index in [-0.39, 0.29) is 21.9 Å². The smallest absolute Gasteiger partial charge is 0.282 e. The zero-order valence-corrected chi connectivity index (χ0v) is 14.7. The molecule has 1 aromatic heterocycles. The Morgan fingerprint density at radius 3 is 2.43 bits per heavy atom. The summed E-state index contributed by atoms with van der Waals surface area (Å²) in [7, 11) is 1.37. The molecule has 0 aliphatic carbocycles. The molecule has 0 amide bonds. The Morgan fingerprint density at radius 2 is 1.91 bits per heavy atom. The molecule has 5 nitrogen and oxygen atoms in total. The second-order valence-electron chi connectivity index (χ2n) is 5.93. The van der Waals surface area contributed by atoms with E-state index in [9.17, 15) is 9.59 Å². The largest absolute Gasteiger partial charge is 0.494 e. The minimum atomic E-state index is -0.581. The molecule has 0 atom stereocenters. The van der Waals surface area contributed by atoms with Gasteiger partial charge < -0.3 is 4.74 Å². The average Bonchev–Trinajstić information content (AvgIpc) is 2.44. The second kappa shape index (κ2) is 6.34. The first kappa shape index (κ1) is 17.5. The summed E-state index contributed by atoms with van der Waals surface area (Å²) in [6.07, 6.45) is 1.35. The number of methoxy groups -OCH3 is 1. The van der Waals surface area contributed by atoms with Crippen LogP contribution < -0.4 is 10.3 Å². The van der Waals surface area contributed by atoms with Crippen LogP contribution in [0.5, 0.6) is 5.75 Å². The van der Waals surface area contributed by atoms with Gasteiger partial charge in [0.2, 0.25) is 5.78 Å². The highest BCUT2D eigenvalue weighted by molar-refractivity contribution is 6.37. The minimum Gasteiger partial charge on any atom is -0.494 e. The van der Waals surface area contributed by atoms with Crippen LogP contribution in [0.4, 0.5) is 0 Å². The molecule has 0 saturated heterocycles. The van der Waals surface area contributed by atoms with Gasteiger partial charge in [0.25, 0.3) is 5.56 Å². The highest BCUT2D eigenvalue weighted by atomic mass is 35.5. The maximum absolute atomic E-state index is 12.8. The molecular formula is C16H16Cl2N2O3. The Bertz CT molecular complexity index is 823. The molecule has 0 spiro atoms. The van der Waals surface area contributed by atoms with Gasteiger partial charge >= 0.3 is 0 Å². The molecule has 23 heavy (non-hydrogen) atoms. The third-order valence-electron chi connectivity index (χ3n) is 3.20. The predicted octanol–water partition coefficient (Wildman–Crippen LogP) is 3.54. The van der Waals surface area contributed by atoms with Crippen LogP contribution >= 0.6 is 23.2 Å². The van der Waals surface area contributed by atoms with Crippen molar-refractivity contribution in [3.63, 3.8) is 0 Å². The number of ketones is 1. The lowest BCUT2D eigenvalue weighted by molar-refractivity contribution is 0.103. The molecule has 0 saturated carbocycles. The van der Waals surface area contributed by atoms with Crippen molar-refractivity contribution in [3.8, 4) is 5.75 Å². The third kappa shape index (κ3) is 3.41. The lowest BCUT2D eigenvalue weighted by Crippen LogP contribution is -2.39. The first-order valence-corrected chi connectivity index (χ1v) is 7.59. The van der Waals surface area contributed by atoms with Gasteiger partial charge in [-0.3, -0.25) is 9.59 Å².